The van der Waals surface area contributed by atoms with Crippen LogP contribution in [0.1, 0.15) is 26.5 Å². The zero-order valence-corrected chi connectivity index (χ0v) is 17.2. The predicted octanol–water partition coefficient (Wildman–Crippen LogP) is 2.39. The number of nitrogens with zero attached hydrogens (tertiary/aromatic N) is 1. The van der Waals surface area contributed by atoms with Gasteiger partial charge in [0.05, 0.1) is 36.0 Å². The van der Waals surface area contributed by atoms with E-state index in [1.165, 1.54) is 24.9 Å². The number of Topliss-reactive ketones (excluding diaryl/α,β-unsaturated/α-hetero) is 1. The number of ether oxygens (including phenoxy) is 2. The molecule has 0 radical (unpaired) electrons. The Morgan fingerprint density at radius 1 is 1.20 bits per heavy atom. The molecule has 3 rings (SSSR count). The van der Waals surface area contributed by atoms with Crippen molar-refractivity contribution < 1.29 is 23.9 Å². The molecule has 0 atom stereocenters. The molecule has 2 aromatic rings. The number of methoxy groups -OCH3 is 1. The van der Waals surface area contributed by atoms with Gasteiger partial charge in [-0.25, -0.2) is 4.79 Å². The lowest BCUT2D eigenvalue weighted by molar-refractivity contribution is 0.0986. The molecular weight excluding hydrogens is 408 g/mol. The van der Waals surface area contributed by atoms with Crippen molar-refractivity contribution in [2.45, 2.75) is 6.61 Å². The molecule has 0 aliphatic heterocycles. The number of benzene rings is 1. The number of H-pyrrole nitrogens is 1. The highest BCUT2D eigenvalue weighted by Gasteiger charge is 2.31. The second-order valence-electron chi connectivity index (χ2n) is 6.27. The Labute approximate surface area is 177 Å². The van der Waals surface area contributed by atoms with Crippen molar-refractivity contribution in [3.05, 3.63) is 58.3 Å². The standard InChI is InChI=1S/C20H22N4O5S/c1-28-12-14-17-18(24-23-14)15(25)11-16(19(17)26)30-10-9-29-8-7-21-20(27)22-13-5-3-2-4-6-13/h2-6,11H,7-10,12H2,1H3,(H,23,24)(H2,21,22,27). The van der Waals surface area contributed by atoms with E-state index in [9.17, 15) is 14.4 Å². The summed E-state index contributed by atoms with van der Waals surface area (Å²) in [6.07, 6.45) is 1.31. The second-order valence-corrected chi connectivity index (χ2v) is 7.41. The maximum absolute atomic E-state index is 12.7. The Kier molecular flexibility index (Phi) is 7.77. The van der Waals surface area contributed by atoms with Gasteiger partial charge in [-0.05, 0) is 12.1 Å². The fourth-order valence-corrected chi connectivity index (χ4v) is 3.62. The third-order valence-corrected chi connectivity index (χ3v) is 5.11. The number of urea groups is 1. The van der Waals surface area contributed by atoms with Gasteiger partial charge in [-0.1, -0.05) is 18.2 Å². The molecule has 0 saturated heterocycles. The van der Waals surface area contributed by atoms with Crippen molar-refractivity contribution in [2.75, 3.05) is 37.9 Å². The van der Waals surface area contributed by atoms with Gasteiger partial charge in [0, 0.05) is 31.2 Å². The van der Waals surface area contributed by atoms with Crippen LogP contribution in [0.2, 0.25) is 0 Å². The quantitative estimate of drug-likeness (QED) is 0.495. The van der Waals surface area contributed by atoms with Crippen LogP contribution in [0.5, 0.6) is 0 Å². The van der Waals surface area contributed by atoms with E-state index < -0.39 is 0 Å². The normalized spacial score (nSPS) is 13.0. The number of aromatic nitrogens is 2. The number of carbonyl (C=O) groups excluding carboxylic acids is 3. The topological polar surface area (TPSA) is 122 Å². The number of para-hydroxylation sites is 1. The lowest BCUT2D eigenvalue weighted by Gasteiger charge is -2.12. The smallest absolute Gasteiger partial charge is 0.319 e. The van der Waals surface area contributed by atoms with Gasteiger partial charge >= 0.3 is 6.03 Å². The molecule has 1 aliphatic rings. The number of aromatic amines is 1. The first-order valence-corrected chi connectivity index (χ1v) is 10.3. The third kappa shape index (κ3) is 5.56. The molecule has 1 aliphatic carbocycles. The van der Waals surface area contributed by atoms with Crippen molar-refractivity contribution in [1.29, 1.82) is 0 Å². The van der Waals surface area contributed by atoms with Crippen LogP contribution in [0.15, 0.2) is 41.3 Å². The first-order valence-electron chi connectivity index (χ1n) is 9.27. The summed E-state index contributed by atoms with van der Waals surface area (Å²) in [6, 6.07) is 8.82. The number of hydrogen-bond acceptors (Lipinski definition) is 7. The van der Waals surface area contributed by atoms with E-state index >= 15 is 0 Å². The number of fused-ring (bicyclic) bond motifs is 1. The average Bonchev–Trinajstić information content (AvgIpc) is 3.16. The van der Waals surface area contributed by atoms with Crippen LogP contribution < -0.4 is 10.6 Å². The van der Waals surface area contributed by atoms with Crippen LogP contribution in [-0.4, -0.2) is 60.4 Å². The summed E-state index contributed by atoms with van der Waals surface area (Å²) in [4.78, 5) is 37.0. The molecule has 1 aromatic carbocycles. The minimum absolute atomic E-state index is 0.132. The molecule has 30 heavy (non-hydrogen) atoms. The molecule has 1 heterocycles. The number of anilines is 1. The van der Waals surface area contributed by atoms with Gasteiger partial charge in [-0.3, -0.25) is 14.7 Å². The van der Waals surface area contributed by atoms with Crippen LogP contribution >= 0.6 is 11.8 Å². The van der Waals surface area contributed by atoms with Gasteiger partial charge in [0.2, 0.25) is 11.6 Å². The van der Waals surface area contributed by atoms with Gasteiger partial charge in [0.15, 0.2) is 0 Å². The molecule has 0 saturated carbocycles. The minimum Gasteiger partial charge on any atom is -0.379 e. The summed E-state index contributed by atoms with van der Waals surface area (Å²) < 4.78 is 10.5. The summed E-state index contributed by atoms with van der Waals surface area (Å²) in [7, 11) is 1.51. The van der Waals surface area contributed by atoms with Crippen LogP contribution in [0.3, 0.4) is 0 Å². The predicted molar refractivity (Wildman–Crippen MR) is 113 cm³/mol. The first kappa shape index (κ1) is 21.8. The Balaban J connectivity index is 1.35. The Morgan fingerprint density at radius 2 is 2.00 bits per heavy atom. The molecule has 2 amide bonds. The molecule has 3 N–H and O–H groups in total. The second kappa shape index (κ2) is 10.7. The summed E-state index contributed by atoms with van der Waals surface area (Å²) in [5, 5.41) is 12.0. The number of hydrogen-bond donors (Lipinski definition) is 3. The number of amides is 2. The fourth-order valence-electron chi connectivity index (χ4n) is 2.78. The molecule has 0 bridgehead atoms. The summed E-state index contributed by atoms with van der Waals surface area (Å²) >= 11 is 1.25. The van der Waals surface area contributed by atoms with E-state index in [0.717, 1.165) is 0 Å². The maximum Gasteiger partial charge on any atom is 0.319 e. The molecule has 10 heteroatoms. The fraction of sp³-hybridized carbons (Fsp3) is 0.300. The number of thioether (sulfide) groups is 1. The molecule has 0 unspecified atom stereocenters. The lowest BCUT2D eigenvalue weighted by Crippen LogP contribution is -2.31. The van der Waals surface area contributed by atoms with Gasteiger partial charge < -0.3 is 20.1 Å². The summed E-state index contributed by atoms with van der Waals surface area (Å²) in [5.74, 6) is -0.0525. The zero-order valence-electron chi connectivity index (χ0n) is 16.4. The minimum atomic E-state index is -0.307. The molecule has 9 nitrogen and oxygen atoms in total. The SMILES string of the molecule is COCc1[nH]nc2c1C(=O)C(SCCOCCNC(=O)Nc1ccccc1)=CC2=O. The number of nitrogens with one attached hydrogen (secondary N) is 3. The molecule has 0 spiro atoms. The number of allylic oxidation sites excluding steroid dienone is 2. The van der Waals surface area contributed by atoms with Crippen LogP contribution in [-0.2, 0) is 16.1 Å². The molecular formula is C20H22N4O5S. The monoisotopic (exact) mass is 430 g/mol. The highest BCUT2D eigenvalue weighted by atomic mass is 32.2. The van der Waals surface area contributed by atoms with Crippen molar-refractivity contribution in [1.82, 2.24) is 15.5 Å². The molecule has 158 valence electrons. The lowest BCUT2D eigenvalue weighted by atomic mass is 9.99. The highest BCUT2D eigenvalue weighted by Crippen LogP contribution is 2.29. The van der Waals surface area contributed by atoms with E-state index in [0.29, 0.717) is 41.8 Å². The highest BCUT2D eigenvalue weighted by molar-refractivity contribution is 8.04. The third-order valence-electron chi connectivity index (χ3n) is 4.13. The summed E-state index contributed by atoms with van der Waals surface area (Å²) in [6.45, 7) is 1.22. The van der Waals surface area contributed by atoms with Crippen molar-refractivity contribution in [2.24, 2.45) is 0 Å². The van der Waals surface area contributed by atoms with Crippen molar-refractivity contribution in [3.63, 3.8) is 0 Å². The zero-order chi connectivity index (χ0) is 21.3. The molecule has 0 fully saturated rings. The van der Waals surface area contributed by atoms with E-state index in [-0.39, 0.29) is 35.5 Å². The van der Waals surface area contributed by atoms with E-state index in [2.05, 4.69) is 20.8 Å². The van der Waals surface area contributed by atoms with Crippen LogP contribution in [0, 0.1) is 0 Å². The van der Waals surface area contributed by atoms with Gasteiger partial charge in [-0.2, -0.15) is 5.10 Å². The Morgan fingerprint density at radius 3 is 2.77 bits per heavy atom. The van der Waals surface area contributed by atoms with Crippen molar-refractivity contribution in [3.8, 4) is 0 Å². The number of carbonyl (C=O) groups is 3. The van der Waals surface area contributed by atoms with Gasteiger partial charge in [-0.15, -0.1) is 11.8 Å². The van der Waals surface area contributed by atoms with E-state index in [1.807, 2.05) is 18.2 Å². The number of ketones is 2. The Hall–Kier alpha value is -2.95. The maximum atomic E-state index is 12.7. The first-order chi connectivity index (χ1) is 14.6. The van der Waals surface area contributed by atoms with Crippen LogP contribution in [0.4, 0.5) is 10.5 Å². The van der Waals surface area contributed by atoms with Gasteiger partial charge in [0.1, 0.15) is 5.69 Å². The largest absolute Gasteiger partial charge is 0.379 e. The van der Waals surface area contributed by atoms with Crippen LogP contribution in [0.25, 0.3) is 0 Å². The number of rotatable bonds is 10. The Bertz CT molecular complexity index is 942. The van der Waals surface area contributed by atoms with Gasteiger partial charge in [0.25, 0.3) is 0 Å². The average molecular weight is 430 g/mol. The van der Waals surface area contributed by atoms with E-state index in [4.69, 9.17) is 9.47 Å². The summed E-state index contributed by atoms with van der Waals surface area (Å²) in [5.41, 5.74) is 1.61. The van der Waals surface area contributed by atoms with E-state index in [1.54, 1.807) is 12.1 Å². The van der Waals surface area contributed by atoms with Crippen molar-refractivity contribution >= 4 is 35.0 Å². The molecule has 1 aromatic heterocycles.